The summed E-state index contributed by atoms with van der Waals surface area (Å²) in [6, 6.07) is 0. The van der Waals surface area contributed by atoms with Gasteiger partial charge in [0, 0.05) is 24.2 Å². The SMILES string of the molecule is CC(CC[C@@]1(O)O[C@H]2C[C@H]3[C@@H]4CC=C5C[C@@H](O[C@@H]6O[C@@H](C)[C@H](O)[C@@H](O)[C@H]6O)C[C@@H](O[C@@H]6O[C@H](C)[C@H](O)[C@H](O)[C@H]6O)[C@]5(C)[C@H]4CC[C@]3(C)[C@H]2[C@@H]1C)CO[C@@H]1O[C@H](CO)[C@@H](O)[C@H](O)[C@H]1O. The molecule has 63 heavy (non-hydrogen) atoms. The van der Waals surface area contributed by atoms with Gasteiger partial charge < -0.3 is 89.3 Å². The van der Waals surface area contributed by atoms with Crippen LogP contribution in [0, 0.1) is 46.3 Å². The Morgan fingerprint density at radius 2 is 1.35 bits per heavy atom. The van der Waals surface area contributed by atoms with Crippen LogP contribution in [0.2, 0.25) is 0 Å². The van der Waals surface area contributed by atoms with Crippen LogP contribution in [-0.2, 0) is 33.2 Å². The minimum Gasteiger partial charge on any atom is -0.394 e. The van der Waals surface area contributed by atoms with E-state index >= 15 is 0 Å². The summed E-state index contributed by atoms with van der Waals surface area (Å²) in [7, 11) is 0. The minimum absolute atomic E-state index is 0.0870. The topological polar surface area (TPSA) is 287 Å². The highest BCUT2D eigenvalue weighted by atomic mass is 16.7. The van der Waals surface area contributed by atoms with Crippen molar-refractivity contribution >= 4 is 0 Å². The maximum absolute atomic E-state index is 12.1. The molecular formula is C45H74O18. The lowest BCUT2D eigenvalue weighted by Crippen LogP contribution is -2.62. The third-order valence-electron chi connectivity index (χ3n) is 17.5. The predicted molar refractivity (Wildman–Crippen MR) is 218 cm³/mol. The standard InChI is InChI=1S/C45H74O18/c1-18(17-57-40-37(53)36(52)33(49)28(16-46)61-40)9-12-45(56)19(2)30-27(63-45)15-26-24-8-7-22-13-23(60-41-38(54)34(50)31(47)20(3)58-41)14-29(44(22,6)25(24)10-11-43(26,30)5)62-42-39(55)35(51)32(48)21(4)59-42/h7,18-21,23-42,46-56H,8-17H2,1-6H3/t18?,19-,20-,21+,23+,24+,25-,26-,27-,28+,29+,30-,31-,32-,33+,34+,35-,36-,37+,38+,39+,40+,41-,42-,43-,44-,45+/m0/s1. The fourth-order valence-corrected chi connectivity index (χ4v) is 13.5. The quantitative estimate of drug-likeness (QED) is 0.113. The monoisotopic (exact) mass is 902 g/mol. The molecule has 4 saturated heterocycles. The summed E-state index contributed by atoms with van der Waals surface area (Å²) in [5, 5.41) is 116. The first-order valence-corrected chi connectivity index (χ1v) is 23.4. The molecule has 4 aliphatic carbocycles. The Morgan fingerprint density at radius 3 is 1.98 bits per heavy atom. The average molecular weight is 903 g/mol. The summed E-state index contributed by atoms with van der Waals surface area (Å²) in [6.45, 7) is 11.4. The van der Waals surface area contributed by atoms with Gasteiger partial charge in [-0.05, 0) is 87.4 Å². The molecule has 362 valence electrons. The Kier molecular flexibility index (Phi) is 14.0. The van der Waals surface area contributed by atoms with Crippen molar-refractivity contribution in [3.63, 3.8) is 0 Å². The molecule has 27 atom stereocenters. The molecule has 0 aromatic carbocycles. The van der Waals surface area contributed by atoms with Crippen LogP contribution >= 0.6 is 0 Å². The number of fused-ring (bicyclic) bond motifs is 7. The van der Waals surface area contributed by atoms with Crippen LogP contribution in [0.3, 0.4) is 0 Å². The summed E-state index contributed by atoms with van der Waals surface area (Å²) in [6.07, 6.45) is -13.4. The predicted octanol–water partition coefficient (Wildman–Crippen LogP) is -0.833. The van der Waals surface area contributed by atoms with Crippen molar-refractivity contribution in [2.75, 3.05) is 13.2 Å². The largest absolute Gasteiger partial charge is 0.394 e. The molecule has 7 fully saturated rings. The number of allylic oxidation sites excluding steroid dienone is 1. The average Bonchev–Trinajstić information content (AvgIpc) is 3.69. The van der Waals surface area contributed by atoms with E-state index in [0.717, 1.165) is 31.3 Å². The van der Waals surface area contributed by atoms with E-state index in [-0.39, 0.29) is 53.6 Å². The van der Waals surface area contributed by atoms with Crippen LogP contribution in [0.15, 0.2) is 11.6 Å². The molecular weight excluding hydrogens is 828 g/mol. The smallest absolute Gasteiger partial charge is 0.186 e. The normalized spacial score (nSPS) is 56.2. The first kappa shape index (κ1) is 48.5. The first-order valence-electron chi connectivity index (χ1n) is 23.4. The van der Waals surface area contributed by atoms with Crippen LogP contribution in [-0.4, -0.2) is 186 Å². The fraction of sp³-hybridized carbons (Fsp3) is 0.956. The Labute approximate surface area is 369 Å². The number of rotatable bonds is 11. The van der Waals surface area contributed by atoms with Crippen molar-refractivity contribution in [3.05, 3.63) is 11.6 Å². The van der Waals surface area contributed by atoms with E-state index in [1.807, 2.05) is 6.92 Å². The molecule has 4 aliphatic heterocycles. The number of ether oxygens (including phenoxy) is 7. The Hall–Kier alpha value is -0.980. The van der Waals surface area contributed by atoms with Crippen molar-refractivity contribution in [2.24, 2.45) is 46.3 Å². The highest BCUT2D eigenvalue weighted by molar-refractivity contribution is 5.29. The molecule has 0 spiro atoms. The molecule has 1 unspecified atom stereocenters. The summed E-state index contributed by atoms with van der Waals surface area (Å²) in [4.78, 5) is 0. The lowest BCUT2D eigenvalue weighted by atomic mass is 9.46. The third-order valence-corrected chi connectivity index (χ3v) is 17.5. The maximum atomic E-state index is 12.1. The lowest BCUT2D eigenvalue weighted by Gasteiger charge is -2.61. The van der Waals surface area contributed by atoms with Crippen LogP contribution in [0.1, 0.15) is 92.9 Å². The highest BCUT2D eigenvalue weighted by Crippen LogP contribution is 2.70. The van der Waals surface area contributed by atoms with E-state index < -0.39 is 122 Å². The number of aliphatic hydroxyl groups is 11. The first-order chi connectivity index (χ1) is 29.6. The summed E-state index contributed by atoms with van der Waals surface area (Å²) in [5.41, 5.74) is 0.403. The molecule has 18 heteroatoms. The molecule has 0 amide bonds. The van der Waals surface area contributed by atoms with Gasteiger partial charge in [-0.3, -0.25) is 0 Å². The van der Waals surface area contributed by atoms with Gasteiger partial charge in [0.15, 0.2) is 24.7 Å². The molecule has 0 aromatic heterocycles. The van der Waals surface area contributed by atoms with Crippen molar-refractivity contribution in [3.8, 4) is 0 Å². The van der Waals surface area contributed by atoms with Crippen molar-refractivity contribution < 1.29 is 89.3 Å². The second kappa shape index (κ2) is 18.2. The third kappa shape index (κ3) is 8.30. The zero-order valence-electron chi connectivity index (χ0n) is 37.3. The van der Waals surface area contributed by atoms with Crippen LogP contribution in [0.4, 0.5) is 0 Å². The zero-order chi connectivity index (χ0) is 45.7. The van der Waals surface area contributed by atoms with Crippen LogP contribution < -0.4 is 0 Å². The van der Waals surface area contributed by atoms with E-state index in [2.05, 4.69) is 26.8 Å². The lowest BCUT2D eigenvalue weighted by molar-refractivity contribution is -0.329. The van der Waals surface area contributed by atoms with Gasteiger partial charge in [0.1, 0.15) is 61.0 Å². The Bertz CT molecular complexity index is 1620. The van der Waals surface area contributed by atoms with Crippen molar-refractivity contribution in [1.29, 1.82) is 0 Å². The Morgan fingerprint density at radius 1 is 0.746 bits per heavy atom. The van der Waals surface area contributed by atoms with Gasteiger partial charge in [0.2, 0.25) is 0 Å². The molecule has 3 saturated carbocycles. The van der Waals surface area contributed by atoms with Crippen LogP contribution in [0.5, 0.6) is 0 Å². The molecule has 0 aromatic rings. The van der Waals surface area contributed by atoms with Gasteiger partial charge >= 0.3 is 0 Å². The van der Waals surface area contributed by atoms with Gasteiger partial charge in [-0.15, -0.1) is 0 Å². The number of hydrogen-bond donors (Lipinski definition) is 11. The van der Waals surface area contributed by atoms with Crippen molar-refractivity contribution in [1.82, 2.24) is 0 Å². The molecule has 8 rings (SSSR count). The number of aliphatic hydroxyl groups excluding tert-OH is 10. The van der Waals surface area contributed by atoms with E-state index in [1.54, 1.807) is 13.8 Å². The fourth-order valence-electron chi connectivity index (χ4n) is 13.5. The summed E-state index contributed by atoms with van der Waals surface area (Å²) < 4.78 is 43.0. The van der Waals surface area contributed by atoms with E-state index in [4.69, 9.17) is 33.2 Å². The van der Waals surface area contributed by atoms with Gasteiger partial charge in [0.25, 0.3) is 0 Å². The molecule has 11 N–H and O–H groups in total. The molecule has 0 radical (unpaired) electrons. The summed E-state index contributed by atoms with van der Waals surface area (Å²) >= 11 is 0. The minimum atomic E-state index is -1.53. The van der Waals surface area contributed by atoms with E-state index in [0.29, 0.717) is 25.7 Å². The second-order valence-electron chi connectivity index (χ2n) is 21.1. The van der Waals surface area contributed by atoms with Gasteiger partial charge in [-0.2, -0.15) is 0 Å². The molecule has 0 bridgehead atoms. The maximum Gasteiger partial charge on any atom is 0.186 e. The second-order valence-corrected chi connectivity index (χ2v) is 21.1. The van der Waals surface area contributed by atoms with Gasteiger partial charge in [-0.1, -0.05) is 39.3 Å². The van der Waals surface area contributed by atoms with Gasteiger partial charge in [0.05, 0.1) is 43.7 Å². The van der Waals surface area contributed by atoms with E-state index in [9.17, 15) is 56.2 Å². The summed E-state index contributed by atoms with van der Waals surface area (Å²) in [5.74, 6) is -0.881. The molecule has 18 nitrogen and oxygen atoms in total. The highest BCUT2D eigenvalue weighted by Gasteiger charge is 2.69. The molecule has 4 heterocycles. The zero-order valence-corrected chi connectivity index (χ0v) is 37.3. The van der Waals surface area contributed by atoms with Gasteiger partial charge in [-0.25, -0.2) is 0 Å². The van der Waals surface area contributed by atoms with E-state index in [1.165, 1.54) is 0 Å². The molecule has 8 aliphatic rings. The number of hydrogen-bond acceptors (Lipinski definition) is 18. The van der Waals surface area contributed by atoms with Crippen LogP contribution in [0.25, 0.3) is 0 Å². The Balaban J connectivity index is 0.965. The van der Waals surface area contributed by atoms with Crippen molar-refractivity contribution in [2.45, 2.75) is 209 Å².